The first-order valence-electron chi connectivity index (χ1n) is 9.55. The van der Waals surface area contributed by atoms with Crippen molar-refractivity contribution in [3.63, 3.8) is 0 Å². The summed E-state index contributed by atoms with van der Waals surface area (Å²) in [5, 5.41) is 7.11. The van der Waals surface area contributed by atoms with E-state index in [1.54, 1.807) is 10.9 Å². The fourth-order valence-corrected chi connectivity index (χ4v) is 5.62. The van der Waals surface area contributed by atoms with Gasteiger partial charge in [-0.15, -0.1) is 0 Å². The van der Waals surface area contributed by atoms with Gasteiger partial charge in [0.1, 0.15) is 4.90 Å². The molecular weight excluding hydrogens is 435 g/mol. The third kappa shape index (κ3) is 5.31. The monoisotopic (exact) mass is 458 g/mol. The number of benzene rings is 1. The zero-order valence-electron chi connectivity index (χ0n) is 16.2. The molecule has 7 nitrogen and oxygen atoms in total. The summed E-state index contributed by atoms with van der Waals surface area (Å²) in [6.07, 6.45) is 7.01. The average molecular weight is 459 g/mol. The Kier molecular flexibility index (Phi) is 7.21. The molecule has 3 rings (SSSR count). The van der Waals surface area contributed by atoms with Gasteiger partial charge in [-0.25, -0.2) is 8.42 Å². The summed E-state index contributed by atoms with van der Waals surface area (Å²) in [4.78, 5) is 12.5. The fraction of sp³-hybridized carbons (Fsp3) is 0.474. The first kappa shape index (κ1) is 22.1. The van der Waals surface area contributed by atoms with Gasteiger partial charge in [-0.1, -0.05) is 29.6 Å². The van der Waals surface area contributed by atoms with Crippen LogP contribution in [-0.4, -0.2) is 48.0 Å². The van der Waals surface area contributed by atoms with Gasteiger partial charge in [-0.2, -0.15) is 9.40 Å². The Labute approximate surface area is 181 Å². The lowest BCUT2D eigenvalue weighted by molar-refractivity contribution is 0.0952. The molecule has 1 aliphatic rings. The molecular formula is C19H24Cl2N4O3S. The number of hydrogen-bond acceptors (Lipinski definition) is 4. The fourth-order valence-electron chi connectivity index (χ4n) is 3.27. The van der Waals surface area contributed by atoms with Crippen molar-refractivity contribution >= 4 is 39.1 Å². The molecule has 1 saturated heterocycles. The van der Waals surface area contributed by atoms with E-state index in [1.807, 2.05) is 13.1 Å². The molecule has 0 unspecified atom stereocenters. The maximum absolute atomic E-state index is 13.0. The Bertz CT molecular complexity index is 985. The highest BCUT2D eigenvalue weighted by molar-refractivity contribution is 7.89. The van der Waals surface area contributed by atoms with Crippen LogP contribution in [0.2, 0.25) is 10.0 Å². The molecule has 1 aliphatic heterocycles. The Morgan fingerprint density at radius 1 is 1.17 bits per heavy atom. The predicted octanol–water partition coefficient (Wildman–Crippen LogP) is 3.49. The maximum atomic E-state index is 13.0. The number of rotatable bonds is 7. The minimum atomic E-state index is -3.77. The van der Waals surface area contributed by atoms with Gasteiger partial charge in [0.05, 0.1) is 21.8 Å². The standard InChI is InChI=1S/C19H24Cl2N4O3S/c1-14-12-23-24(13-14)7-5-6-22-19(26)15-10-18(17(21)11-16(15)20)29(27,28)25-8-3-2-4-9-25/h10-13H,2-9H2,1H3,(H,22,26). The molecule has 2 heterocycles. The Hall–Kier alpha value is -1.61. The summed E-state index contributed by atoms with van der Waals surface area (Å²) in [7, 11) is -3.77. The average Bonchev–Trinajstić information content (AvgIpc) is 3.10. The largest absolute Gasteiger partial charge is 0.352 e. The van der Waals surface area contributed by atoms with Crippen LogP contribution < -0.4 is 5.32 Å². The Morgan fingerprint density at radius 3 is 2.55 bits per heavy atom. The number of hydrogen-bond donors (Lipinski definition) is 1. The second kappa shape index (κ2) is 9.47. The zero-order chi connectivity index (χ0) is 21.0. The number of sulfonamides is 1. The van der Waals surface area contributed by atoms with Gasteiger partial charge in [0.15, 0.2) is 0 Å². The molecule has 2 aromatic rings. The molecule has 0 aliphatic carbocycles. The molecule has 1 aromatic heterocycles. The lowest BCUT2D eigenvalue weighted by Crippen LogP contribution is -2.36. The van der Waals surface area contributed by atoms with Gasteiger partial charge in [-0.05, 0) is 43.9 Å². The summed E-state index contributed by atoms with van der Waals surface area (Å²) in [5.41, 5.74) is 1.17. The minimum absolute atomic E-state index is 0.0196. The highest BCUT2D eigenvalue weighted by Gasteiger charge is 2.29. The number of nitrogens with one attached hydrogen (secondary N) is 1. The van der Waals surface area contributed by atoms with Gasteiger partial charge >= 0.3 is 0 Å². The molecule has 0 spiro atoms. The molecule has 10 heteroatoms. The molecule has 1 fully saturated rings. The number of aromatic nitrogens is 2. The summed E-state index contributed by atoms with van der Waals surface area (Å²) in [6.45, 7) is 3.94. The molecule has 0 saturated carbocycles. The number of amides is 1. The van der Waals surface area contributed by atoms with E-state index in [2.05, 4.69) is 10.4 Å². The summed E-state index contributed by atoms with van der Waals surface area (Å²) in [5.74, 6) is -0.432. The Balaban J connectivity index is 1.70. The predicted molar refractivity (Wildman–Crippen MR) is 113 cm³/mol. The molecule has 1 N–H and O–H groups in total. The van der Waals surface area contributed by atoms with Gasteiger partial charge in [0.25, 0.3) is 5.91 Å². The van der Waals surface area contributed by atoms with Gasteiger partial charge in [0.2, 0.25) is 10.0 Å². The van der Waals surface area contributed by atoms with Crippen LogP contribution in [0.25, 0.3) is 0 Å². The second-order valence-electron chi connectivity index (χ2n) is 7.12. The number of aryl methyl sites for hydroxylation is 2. The van der Waals surface area contributed by atoms with Crippen LogP contribution in [0.3, 0.4) is 0 Å². The topological polar surface area (TPSA) is 84.3 Å². The van der Waals surface area contributed by atoms with Crippen molar-refractivity contribution in [2.45, 2.75) is 44.0 Å². The van der Waals surface area contributed by atoms with Crippen LogP contribution in [0.4, 0.5) is 0 Å². The van der Waals surface area contributed by atoms with E-state index in [0.29, 0.717) is 32.6 Å². The van der Waals surface area contributed by atoms with Crippen molar-refractivity contribution in [1.82, 2.24) is 19.4 Å². The number of piperidine rings is 1. The molecule has 1 aromatic carbocycles. The van der Waals surface area contributed by atoms with Gasteiger partial charge < -0.3 is 5.32 Å². The molecule has 158 valence electrons. The molecule has 29 heavy (non-hydrogen) atoms. The van der Waals surface area contributed by atoms with Crippen LogP contribution in [0.5, 0.6) is 0 Å². The van der Waals surface area contributed by atoms with E-state index in [1.165, 1.54) is 16.4 Å². The lowest BCUT2D eigenvalue weighted by Gasteiger charge is -2.26. The van der Waals surface area contributed by atoms with E-state index in [-0.39, 0.29) is 20.5 Å². The quantitative estimate of drug-likeness (QED) is 0.643. The van der Waals surface area contributed by atoms with Crippen LogP contribution in [0.1, 0.15) is 41.6 Å². The maximum Gasteiger partial charge on any atom is 0.252 e. The molecule has 0 atom stereocenters. The molecule has 0 radical (unpaired) electrons. The lowest BCUT2D eigenvalue weighted by atomic mass is 10.2. The third-order valence-corrected chi connectivity index (χ3v) is 7.49. The van der Waals surface area contributed by atoms with Crippen LogP contribution in [0, 0.1) is 6.92 Å². The first-order valence-corrected chi connectivity index (χ1v) is 11.7. The number of carbonyl (C=O) groups is 1. The smallest absolute Gasteiger partial charge is 0.252 e. The van der Waals surface area contributed by atoms with E-state index < -0.39 is 15.9 Å². The van der Waals surface area contributed by atoms with Crippen molar-refractivity contribution < 1.29 is 13.2 Å². The van der Waals surface area contributed by atoms with Crippen molar-refractivity contribution in [3.8, 4) is 0 Å². The summed E-state index contributed by atoms with van der Waals surface area (Å²) < 4.78 is 29.2. The van der Waals surface area contributed by atoms with E-state index >= 15 is 0 Å². The Morgan fingerprint density at radius 2 is 1.90 bits per heavy atom. The highest BCUT2D eigenvalue weighted by atomic mass is 35.5. The summed E-state index contributed by atoms with van der Waals surface area (Å²) in [6, 6.07) is 2.60. The highest BCUT2D eigenvalue weighted by Crippen LogP contribution is 2.31. The number of carbonyl (C=O) groups excluding carboxylic acids is 1. The van der Waals surface area contributed by atoms with Crippen molar-refractivity contribution in [3.05, 3.63) is 45.7 Å². The number of halogens is 2. The van der Waals surface area contributed by atoms with Gasteiger partial charge in [-0.3, -0.25) is 9.48 Å². The molecule has 1 amide bonds. The van der Waals surface area contributed by atoms with E-state index in [0.717, 1.165) is 24.8 Å². The first-order chi connectivity index (χ1) is 13.8. The number of nitrogens with zero attached hydrogens (tertiary/aromatic N) is 3. The van der Waals surface area contributed by atoms with Crippen LogP contribution in [0.15, 0.2) is 29.4 Å². The second-order valence-corrected chi connectivity index (χ2v) is 9.84. The van der Waals surface area contributed by atoms with Crippen molar-refractivity contribution in [2.75, 3.05) is 19.6 Å². The molecule has 0 bridgehead atoms. The van der Waals surface area contributed by atoms with Crippen molar-refractivity contribution in [2.24, 2.45) is 0 Å². The zero-order valence-corrected chi connectivity index (χ0v) is 18.5. The van der Waals surface area contributed by atoms with Crippen molar-refractivity contribution in [1.29, 1.82) is 0 Å². The minimum Gasteiger partial charge on any atom is -0.352 e. The normalized spacial score (nSPS) is 15.4. The van der Waals surface area contributed by atoms with E-state index in [9.17, 15) is 13.2 Å². The van der Waals surface area contributed by atoms with Crippen LogP contribution in [-0.2, 0) is 16.6 Å². The summed E-state index contributed by atoms with van der Waals surface area (Å²) >= 11 is 12.4. The van der Waals surface area contributed by atoms with Gasteiger partial charge in [0, 0.05) is 32.4 Å². The van der Waals surface area contributed by atoms with Crippen LogP contribution >= 0.6 is 23.2 Å². The third-order valence-electron chi connectivity index (χ3n) is 4.81. The van der Waals surface area contributed by atoms with E-state index in [4.69, 9.17) is 23.2 Å². The SMILES string of the molecule is Cc1cnn(CCCNC(=O)c2cc(S(=O)(=O)N3CCCCC3)c(Cl)cc2Cl)c1.